The molecule has 0 saturated heterocycles. The molecule has 4 N–H and O–H groups in total. The van der Waals surface area contributed by atoms with E-state index in [4.69, 9.17) is 25.6 Å². The van der Waals surface area contributed by atoms with Gasteiger partial charge < -0.3 is 10.9 Å². The molecule has 0 atom stereocenters. The summed E-state index contributed by atoms with van der Waals surface area (Å²) in [6.45, 7) is -0.0289. The van der Waals surface area contributed by atoms with Gasteiger partial charge in [-0.3, -0.25) is 4.55 Å². The van der Waals surface area contributed by atoms with Crippen LogP contribution in [0.1, 0.15) is 0 Å². The van der Waals surface area contributed by atoms with Crippen molar-refractivity contribution < 1.29 is 23.3 Å². The van der Waals surface area contributed by atoms with Crippen LogP contribution in [0.4, 0.5) is 0 Å². The van der Waals surface area contributed by atoms with Crippen LogP contribution in [-0.4, -0.2) is 35.6 Å². The summed E-state index contributed by atoms with van der Waals surface area (Å²) in [5, 5.41) is 13.6. The first-order valence-corrected chi connectivity index (χ1v) is 3.89. The summed E-state index contributed by atoms with van der Waals surface area (Å²) in [5.41, 5.74) is 4.78. The van der Waals surface area contributed by atoms with Crippen molar-refractivity contribution >= 4 is 10.1 Å². The Bertz CT molecular complexity index is 193. The van der Waals surface area contributed by atoms with Crippen molar-refractivity contribution in [2.75, 3.05) is 12.3 Å². The molecular weight excluding hydrogens is 180 g/mol. The monoisotopic (exact) mass is 188 g/mol. The molecule has 9 heteroatoms. The lowest BCUT2D eigenvalue weighted by molar-refractivity contribution is -0.742. The van der Waals surface area contributed by atoms with Crippen LogP contribution in [0.3, 0.4) is 0 Å². The van der Waals surface area contributed by atoms with E-state index in [2.05, 4.69) is 0 Å². The smallest absolute Gasteiger partial charge is 0.291 e. The molecule has 0 unspecified atom stereocenters. The van der Waals surface area contributed by atoms with Crippen LogP contribution < -0.4 is 5.73 Å². The number of nitrogens with zero attached hydrogens (tertiary/aromatic N) is 1. The van der Waals surface area contributed by atoms with Gasteiger partial charge in [0, 0.05) is 6.54 Å². The average molecular weight is 188 g/mol. The summed E-state index contributed by atoms with van der Waals surface area (Å²) in [5.74, 6) is -0.354. The Kier molecular flexibility index (Phi) is 6.74. The standard InChI is InChI=1S/C2H7NO3S.HNO3/c3-1-2-7(4,5)6;2-1(3)4/h1-3H2,(H,4,5,6);(H,2,3,4). The Labute approximate surface area is 62.5 Å². The molecule has 0 amide bonds. The lowest BCUT2D eigenvalue weighted by Gasteiger charge is -1.86. The van der Waals surface area contributed by atoms with Crippen LogP contribution in [-0.2, 0) is 10.1 Å². The second-order valence-corrected chi connectivity index (χ2v) is 2.88. The molecule has 0 saturated carbocycles. The summed E-state index contributed by atoms with van der Waals surface area (Å²) in [6, 6.07) is 0. The molecule has 8 nitrogen and oxygen atoms in total. The van der Waals surface area contributed by atoms with E-state index >= 15 is 0 Å². The number of hydrogen-bond donors (Lipinski definition) is 3. The predicted molar refractivity (Wildman–Crippen MR) is 34.3 cm³/mol. The minimum atomic E-state index is -3.80. The molecule has 0 aliphatic heterocycles. The topological polar surface area (TPSA) is 144 Å². The van der Waals surface area contributed by atoms with Crippen LogP contribution >= 0.6 is 0 Å². The molecule has 11 heavy (non-hydrogen) atoms. The molecule has 0 aromatic heterocycles. The van der Waals surface area contributed by atoms with Crippen molar-refractivity contribution in [2.24, 2.45) is 5.73 Å². The van der Waals surface area contributed by atoms with Gasteiger partial charge in [-0.1, -0.05) is 0 Å². The van der Waals surface area contributed by atoms with Crippen molar-refractivity contribution in [1.82, 2.24) is 0 Å². The lowest BCUT2D eigenvalue weighted by Crippen LogP contribution is -2.13. The SMILES string of the molecule is NCCS(=O)(=O)O.O=[N+]([O-])O. The Morgan fingerprint density at radius 3 is 1.82 bits per heavy atom. The maximum Gasteiger partial charge on any atom is 0.291 e. The quantitative estimate of drug-likeness (QED) is 0.271. The van der Waals surface area contributed by atoms with Crippen molar-refractivity contribution in [2.45, 2.75) is 0 Å². The van der Waals surface area contributed by atoms with Crippen LogP contribution in [0.2, 0.25) is 0 Å². The average Bonchev–Trinajstić information content (AvgIpc) is 1.58. The van der Waals surface area contributed by atoms with E-state index < -0.39 is 15.2 Å². The molecular formula is C2H8N2O6S. The molecule has 0 bridgehead atoms. The van der Waals surface area contributed by atoms with Crippen molar-refractivity contribution in [3.05, 3.63) is 10.1 Å². The Morgan fingerprint density at radius 2 is 1.82 bits per heavy atom. The van der Waals surface area contributed by atoms with Gasteiger partial charge in [0.15, 0.2) is 0 Å². The van der Waals surface area contributed by atoms with E-state index in [9.17, 15) is 8.42 Å². The highest BCUT2D eigenvalue weighted by Crippen LogP contribution is 1.74. The van der Waals surface area contributed by atoms with Crippen LogP contribution in [0, 0.1) is 10.1 Å². The van der Waals surface area contributed by atoms with Gasteiger partial charge in [0.05, 0.1) is 5.75 Å². The molecule has 68 valence electrons. The minimum Gasteiger partial charge on any atom is -0.329 e. The van der Waals surface area contributed by atoms with Gasteiger partial charge in [-0.15, -0.1) is 10.1 Å². The van der Waals surface area contributed by atoms with Gasteiger partial charge in [-0.25, -0.2) is 0 Å². The first-order chi connectivity index (χ1) is 4.79. The molecule has 0 rings (SSSR count). The Hall–Kier alpha value is -0.930. The van der Waals surface area contributed by atoms with Crippen LogP contribution in [0.15, 0.2) is 0 Å². The Morgan fingerprint density at radius 1 is 1.55 bits per heavy atom. The maximum atomic E-state index is 9.71. The summed E-state index contributed by atoms with van der Waals surface area (Å²) >= 11 is 0. The third-order valence-corrected chi connectivity index (χ3v) is 1.13. The summed E-state index contributed by atoms with van der Waals surface area (Å²) in [6.07, 6.45) is 0. The van der Waals surface area contributed by atoms with E-state index in [1.54, 1.807) is 0 Å². The van der Waals surface area contributed by atoms with Crippen molar-refractivity contribution in [3.8, 4) is 0 Å². The van der Waals surface area contributed by atoms with Crippen LogP contribution in [0.5, 0.6) is 0 Å². The van der Waals surface area contributed by atoms with Gasteiger partial charge in [0.2, 0.25) is 0 Å². The van der Waals surface area contributed by atoms with Gasteiger partial charge >= 0.3 is 0 Å². The minimum absolute atomic E-state index is 0.0289. The lowest BCUT2D eigenvalue weighted by atomic mass is 10.8. The van der Waals surface area contributed by atoms with Crippen molar-refractivity contribution in [1.29, 1.82) is 0 Å². The highest BCUT2D eigenvalue weighted by Gasteiger charge is 1.98. The first-order valence-electron chi connectivity index (χ1n) is 2.28. The summed E-state index contributed by atoms with van der Waals surface area (Å²) < 4.78 is 27.3. The second kappa shape index (κ2) is 5.82. The first kappa shape index (κ1) is 12.7. The predicted octanol–water partition coefficient (Wildman–Crippen LogP) is -1.51. The fourth-order valence-corrected chi connectivity index (χ4v) is 0.447. The molecule has 0 fully saturated rings. The fourth-order valence-electron chi connectivity index (χ4n) is 0.149. The highest BCUT2D eigenvalue weighted by atomic mass is 32.2. The zero-order valence-electron chi connectivity index (χ0n) is 5.37. The van der Waals surface area contributed by atoms with E-state index in [0.29, 0.717) is 0 Å². The van der Waals surface area contributed by atoms with E-state index in [-0.39, 0.29) is 12.3 Å². The summed E-state index contributed by atoms with van der Waals surface area (Å²) in [7, 11) is -3.80. The Balaban J connectivity index is 0. The zero-order chi connectivity index (χ0) is 9.49. The van der Waals surface area contributed by atoms with E-state index in [0.717, 1.165) is 0 Å². The van der Waals surface area contributed by atoms with Gasteiger partial charge in [-0.05, 0) is 0 Å². The van der Waals surface area contributed by atoms with E-state index in [1.165, 1.54) is 0 Å². The molecule has 0 heterocycles. The largest absolute Gasteiger partial charge is 0.329 e. The number of rotatable bonds is 2. The molecule has 0 aromatic rings. The third kappa shape index (κ3) is 48.1. The van der Waals surface area contributed by atoms with Crippen molar-refractivity contribution in [3.63, 3.8) is 0 Å². The molecule has 0 aliphatic rings. The number of nitrogens with two attached hydrogens (primary N) is 1. The third-order valence-electron chi connectivity index (χ3n) is 0.376. The van der Waals surface area contributed by atoms with E-state index in [1.807, 2.05) is 0 Å². The fraction of sp³-hybridized carbons (Fsp3) is 1.00. The van der Waals surface area contributed by atoms with Crippen LogP contribution in [0.25, 0.3) is 0 Å². The normalized spacial score (nSPS) is 9.64. The zero-order valence-corrected chi connectivity index (χ0v) is 6.19. The molecule has 0 aromatic carbocycles. The molecule has 0 aliphatic carbocycles. The summed E-state index contributed by atoms with van der Waals surface area (Å²) in [4.78, 5) is 8.36. The van der Waals surface area contributed by atoms with Gasteiger partial charge in [0.25, 0.3) is 15.2 Å². The maximum absolute atomic E-state index is 9.71. The number of hydrogen-bond acceptors (Lipinski definition) is 5. The van der Waals surface area contributed by atoms with Gasteiger partial charge in [-0.2, -0.15) is 8.42 Å². The molecule has 0 radical (unpaired) electrons. The van der Waals surface area contributed by atoms with Gasteiger partial charge in [0.1, 0.15) is 0 Å². The highest BCUT2D eigenvalue weighted by molar-refractivity contribution is 7.85. The molecule has 0 spiro atoms. The second-order valence-electron chi connectivity index (χ2n) is 1.31.